The summed E-state index contributed by atoms with van der Waals surface area (Å²) >= 11 is 0. The fourth-order valence-corrected chi connectivity index (χ4v) is 1.51. The van der Waals surface area contributed by atoms with E-state index in [0.29, 0.717) is 36.5 Å². The van der Waals surface area contributed by atoms with E-state index in [1.165, 1.54) is 21.1 Å². The molecule has 0 aliphatic carbocycles. The predicted octanol–water partition coefficient (Wildman–Crippen LogP) is 2.23. The number of carbonyl (C=O) groups is 2. The number of benzene rings is 1. The summed E-state index contributed by atoms with van der Waals surface area (Å²) in [7, 11) is 2.87. The van der Waals surface area contributed by atoms with Crippen LogP contribution in [-0.4, -0.2) is 32.6 Å². The van der Waals surface area contributed by atoms with Crippen molar-refractivity contribution in [1.82, 2.24) is 0 Å². The van der Waals surface area contributed by atoms with Crippen LogP contribution in [-0.2, 0) is 9.53 Å². The van der Waals surface area contributed by atoms with E-state index in [-0.39, 0.29) is 11.8 Å². The smallest absolute Gasteiger partial charge is 0.305 e. The zero-order chi connectivity index (χ0) is 14.3. The minimum atomic E-state index is -0.262. The molecule has 1 rings (SSSR count). The van der Waals surface area contributed by atoms with Gasteiger partial charge in [-0.05, 0) is 31.5 Å². The van der Waals surface area contributed by atoms with Gasteiger partial charge < -0.3 is 14.2 Å². The Balaban J connectivity index is 2.58. The number of methoxy groups -OCH3 is 2. The standard InChI is InChI=1S/C14H18O5/c1-10(15)11-6-7-12(13(9-11)17-2)19-8-4-5-14(16)18-3/h6-7,9H,4-5,8H2,1-3H3. The Morgan fingerprint density at radius 2 is 1.89 bits per heavy atom. The molecule has 19 heavy (non-hydrogen) atoms. The van der Waals surface area contributed by atoms with Crippen molar-refractivity contribution in [3.63, 3.8) is 0 Å². The summed E-state index contributed by atoms with van der Waals surface area (Å²) in [6.45, 7) is 1.87. The molecule has 0 amide bonds. The van der Waals surface area contributed by atoms with E-state index in [2.05, 4.69) is 4.74 Å². The van der Waals surface area contributed by atoms with Gasteiger partial charge in [0.05, 0.1) is 20.8 Å². The Kier molecular flexibility index (Phi) is 5.85. The number of carbonyl (C=O) groups excluding carboxylic acids is 2. The molecule has 0 saturated carbocycles. The lowest BCUT2D eigenvalue weighted by Crippen LogP contribution is -2.05. The third-order valence-electron chi connectivity index (χ3n) is 2.58. The number of esters is 1. The number of hydrogen-bond acceptors (Lipinski definition) is 5. The molecule has 5 heteroatoms. The second-order valence-electron chi connectivity index (χ2n) is 3.95. The van der Waals surface area contributed by atoms with Gasteiger partial charge in [-0.1, -0.05) is 0 Å². The second-order valence-corrected chi connectivity index (χ2v) is 3.95. The molecule has 0 fully saturated rings. The van der Waals surface area contributed by atoms with E-state index >= 15 is 0 Å². The third-order valence-corrected chi connectivity index (χ3v) is 2.58. The Morgan fingerprint density at radius 3 is 2.47 bits per heavy atom. The summed E-state index contributed by atoms with van der Waals surface area (Å²) in [5.41, 5.74) is 0.568. The van der Waals surface area contributed by atoms with Crippen LogP contribution in [0.2, 0.25) is 0 Å². The van der Waals surface area contributed by atoms with Crippen molar-refractivity contribution in [1.29, 1.82) is 0 Å². The fraction of sp³-hybridized carbons (Fsp3) is 0.429. The van der Waals surface area contributed by atoms with Gasteiger partial charge in [0.25, 0.3) is 0 Å². The van der Waals surface area contributed by atoms with Gasteiger partial charge in [0.2, 0.25) is 0 Å². The maximum absolute atomic E-state index is 11.2. The van der Waals surface area contributed by atoms with Crippen LogP contribution in [0, 0.1) is 0 Å². The summed E-state index contributed by atoms with van der Waals surface area (Å²) in [4.78, 5) is 22.2. The lowest BCUT2D eigenvalue weighted by molar-refractivity contribution is -0.140. The Bertz CT molecular complexity index is 453. The second kappa shape index (κ2) is 7.41. The molecule has 1 aromatic carbocycles. The van der Waals surface area contributed by atoms with Gasteiger partial charge in [0, 0.05) is 12.0 Å². The van der Waals surface area contributed by atoms with Gasteiger partial charge in [-0.3, -0.25) is 9.59 Å². The first-order valence-electron chi connectivity index (χ1n) is 5.97. The van der Waals surface area contributed by atoms with Crippen LogP contribution in [0.5, 0.6) is 11.5 Å². The molecule has 0 heterocycles. The predicted molar refractivity (Wildman–Crippen MR) is 69.7 cm³/mol. The number of ketones is 1. The monoisotopic (exact) mass is 266 g/mol. The van der Waals surface area contributed by atoms with Crippen LogP contribution in [0.25, 0.3) is 0 Å². The van der Waals surface area contributed by atoms with Crippen molar-refractivity contribution in [3.05, 3.63) is 23.8 Å². The summed E-state index contributed by atoms with van der Waals surface area (Å²) in [6.07, 6.45) is 0.870. The maximum atomic E-state index is 11.2. The number of hydrogen-bond donors (Lipinski definition) is 0. The van der Waals surface area contributed by atoms with Gasteiger partial charge in [-0.2, -0.15) is 0 Å². The fourth-order valence-electron chi connectivity index (χ4n) is 1.51. The molecule has 104 valence electrons. The minimum absolute atomic E-state index is 0.0319. The molecule has 0 atom stereocenters. The highest BCUT2D eigenvalue weighted by Crippen LogP contribution is 2.28. The molecule has 0 saturated heterocycles. The maximum Gasteiger partial charge on any atom is 0.305 e. The van der Waals surface area contributed by atoms with Gasteiger partial charge in [0.1, 0.15) is 0 Å². The lowest BCUT2D eigenvalue weighted by atomic mass is 10.1. The Hall–Kier alpha value is -2.04. The molecule has 0 aliphatic rings. The van der Waals surface area contributed by atoms with Crippen molar-refractivity contribution in [2.75, 3.05) is 20.8 Å². The quantitative estimate of drug-likeness (QED) is 0.430. The summed E-state index contributed by atoms with van der Waals surface area (Å²) < 4.78 is 15.2. The van der Waals surface area contributed by atoms with Crippen LogP contribution in [0.4, 0.5) is 0 Å². The highest BCUT2D eigenvalue weighted by Gasteiger charge is 2.08. The highest BCUT2D eigenvalue weighted by molar-refractivity contribution is 5.94. The van der Waals surface area contributed by atoms with E-state index in [1.807, 2.05) is 0 Å². The zero-order valence-corrected chi connectivity index (χ0v) is 11.4. The van der Waals surface area contributed by atoms with E-state index in [1.54, 1.807) is 18.2 Å². The van der Waals surface area contributed by atoms with E-state index in [4.69, 9.17) is 9.47 Å². The molecule has 0 spiro atoms. The van der Waals surface area contributed by atoms with Gasteiger partial charge in [0.15, 0.2) is 17.3 Å². The molecular weight excluding hydrogens is 248 g/mol. The first-order valence-corrected chi connectivity index (χ1v) is 5.97. The van der Waals surface area contributed by atoms with Gasteiger partial charge in [-0.15, -0.1) is 0 Å². The van der Waals surface area contributed by atoms with E-state index in [9.17, 15) is 9.59 Å². The molecule has 0 unspecified atom stereocenters. The molecule has 0 bridgehead atoms. The summed E-state index contributed by atoms with van der Waals surface area (Å²) in [5, 5.41) is 0. The minimum Gasteiger partial charge on any atom is -0.493 e. The van der Waals surface area contributed by atoms with Crippen molar-refractivity contribution < 1.29 is 23.8 Å². The zero-order valence-electron chi connectivity index (χ0n) is 11.4. The van der Waals surface area contributed by atoms with Crippen LogP contribution in [0.1, 0.15) is 30.1 Å². The van der Waals surface area contributed by atoms with Crippen molar-refractivity contribution in [3.8, 4) is 11.5 Å². The van der Waals surface area contributed by atoms with Crippen molar-refractivity contribution in [2.24, 2.45) is 0 Å². The SMILES string of the molecule is COC(=O)CCCOc1ccc(C(C)=O)cc1OC. The third kappa shape index (κ3) is 4.62. The largest absolute Gasteiger partial charge is 0.493 e. The number of Topliss-reactive ketones (excluding diaryl/α,β-unsaturated/α-hetero) is 1. The van der Waals surface area contributed by atoms with Gasteiger partial charge >= 0.3 is 5.97 Å². The van der Waals surface area contributed by atoms with E-state index < -0.39 is 0 Å². The average molecular weight is 266 g/mol. The highest BCUT2D eigenvalue weighted by atomic mass is 16.5. The van der Waals surface area contributed by atoms with Crippen LogP contribution < -0.4 is 9.47 Å². The normalized spacial score (nSPS) is 9.84. The van der Waals surface area contributed by atoms with Gasteiger partial charge in [-0.25, -0.2) is 0 Å². The Labute approximate surface area is 112 Å². The molecule has 1 aromatic rings. The van der Waals surface area contributed by atoms with Crippen LogP contribution >= 0.6 is 0 Å². The topological polar surface area (TPSA) is 61.8 Å². The summed E-state index contributed by atoms with van der Waals surface area (Å²) in [5.74, 6) is 0.765. The average Bonchev–Trinajstić information content (AvgIpc) is 2.42. The first kappa shape index (κ1) is 15.0. The number of rotatable bonds is 7. The van der Waals surface area contributed by atoms with Crippen LogP contribution in [0.15, 0.2) is 18.2 Å². The molecule has 0 aromatic heterocycles. The molecule has 0 radical (unpaired) electrons. The van der Waals surface area contributed by atoms with Crippen molar-refractivity contribution >= 4 is 11.8 Å². The molecule has 5 nitrogen and oxygen atoms in total. The molecular formula is C14H18O5. The lowest BCUT2D eigenvalue weighted by Gasteiger charge is -2.11. The van der Waals surface area contributed by atoms with Crippen molar-refractivity contribution in [2.45, 2.75) is 19.8 Å². The summed E-state index contributed by atoms with van der Waals surface area (Å²) in [6, 6.07) is 5.01. The Morgan fingerprint density at radius 1 is 1.16 bits per heavy atom. The molecule has 0 aliphatic heterocycles. The first-order chi connectivity index (χ1) is 9.08. The van der Waals surface area contributed by atoms with E-state index in [0.717, 1.165) is 0 Å². The van der Waals surface area contributed by atoms with Crippen LogP contribution in [0.3, 0.4) is 0 Å². The molecule has 0 N–H and O–H groups in total. The number of ether oxygens (including phenoxy) is 3.